The molecule has 0 unspecified atom stereocenters. The van der Waals surface area contributed by atoms with Crippen LogP contribution in [-0.2, 0) is 4.74 Å². The Labute approximate surface area is 123 Å². The molecule has 1 atom stereocenters. The highest BCUT2D eigenvalue weighted by molar-refractivity contribution is 5.99. The maximum absolute atomic E-state index is 12.4. The Morgan fingerprint density at radius 2 is 2.29 bits per heavy atom. The number of methoxy groups -OCH3 is 1. The first-order chi connectivity index (χ1) is 10.2. The van der Waals surface area contributed by atoms with E-state index in [1.807, 2.05) is 19.1 Å². The molecule has 2 aromatic rings. The summed E-state index contributed by atoms with van der Waals surface area (Å²) in [5, 5.41) is 3.91. The Balaban J connectivity index is 1.85. The van der Waals surface area contributed by atoms with Crippen molar-refractivity contribution >= 4 is 16.9 Å². The number of ether oxygens (including phenoxy) is 2. The fourth-order valence-electron chi connectivity index (χ4n) is 2.65. The predicted molar refractivity (Wildman–Crippen MR) is 78.8 cm³/mol. The minimum Gasteiger partial charge on any atom is -0.497 e. The quantitative estimate of drug-likeness (QED) is 0.943. The average Bonchev–Trinajstić information content (AvgIpc) is 2.85. The summed E-state index contributed by atoms with van der Waals surface area (Å²) in [5.41, 5.74) is 1.51. The Morgan fingerprint density at radius 3 is 3.00 bits per heavy atom. The summed E-state index contributed by atoms with van der Waals surface area (Å²) in [6, 6.07) is 5.63. The third-order valence-corrected chi connectivity index (χ3v) is 3.85. The molecule has 5 nitrogen and oxygen atoms in total. The van der Waals surface area contributed by atoms with Crippen LogP contribution in [-0.4, -0.2) is 32.3 Å². The van der Waals surface area contributed by atoms with E-state index in [9.17, 15) is 4.79 Å². The highest BCUT2D eigenvalue weighted by Gasteiger charge is 2.22. The molecule has 3 rings (SSSR count). The highest BCUT2D eigenvalue weighted by atomic mass is 16.5. The van der Waals surface area contributed by atoms with Crippen LogP contribution in [0.5, 0.6) is 5.75 Å². The van der Waals surface area contributed by atoms with Gasteiger partial charge >= 0.3 is 0 Å². The second kappa shape index (κ2) is 5.77. The average molecular weight is 289 g/mol. The molecule has 1 aliphatic rings. The lowest BCUT2D eigenvalue weighted by Crippen LogP contribution is -2.40. The van der Waals surface area contributed by atoms with Gasteiger partial charge in [-0.15, -0.1) is 0 Å². The van der Waals surface area contributed by atoms with Crippen molar-refractivity contribution in [2.75, 3.05) is 20.3 Å². The van der Waals surface area contributed by atoms with E-state index in [2.05, 4.69) is 5.32 Å². The van der Waals surface area contributed by atoms with Crippen molar-refractivity contribution in [2.24, 2.45) is 0 Å². The standard InChI is InChI=1S/C16H19NO4/c1-10-13-6-5-12(19-2)8-14(13)21-15(10)16(18)17-11-4-3-7-20-9-11/h5-6,8,11H,3-4,7,9H2,1-2H3,(H,17,18)/t11-/m1/s1. The lowest BCUT2D eigenvalue weighted by atomic mass is 10.1. The van der Waals surface area contributed by atoms with E-state index >= 15 is 0 Å². The maximum Gasteiger partial charge on any atom is 0.287 e. The van der Waals surface area contributed by atoms with Crippen LogP contribution in [0.25, 0.3) is 11.0 Å². The molecule has 2 heterocycles. The number of hydrogen-bond acceptors (Lipinski definition) is 4. The first-order valence-electron chi connectivity index (χ1n) is 7.15. The SMILES string of the molecule is COc1ccc2c(C)c(C(=O)N[C@@H]3CCCOC3)oc2c1. The van der Waals surface area contributed by atoms with Gasteiger partial charge in [0.25, 0.3) is 5.91 Å². The van der Waals surface area contributed by atoms with Crippen molar-refractivity contribution in [1.82, 2.24) is 5.32 Å². The Hall–Kier alpha value is -2.01. The van der Waals surface area contributed by atoms with Crippen molar-refractivity contribution in [1.29, 1.82) is 0 Å². The lowest BCUT2D eigenvalue weighted by Gasteiger charge is -2.22. The zero-order chi connectivity index (χ0) is 14.8. The zero-order valence-corrected chi connectivity index (χ0v) is 12.3. The van der Waals surface area contributed by atoms with Crippen LogP contribution >= 0.6 is 0 Å². The van der Waals surface area contributed by atoms with Gasteiger partial charge in [0.15, 0.2) is 5.76 Å². The van der Waals surface area contributed by atoms with Crippen molar-refractivity contribution in [2.45, 2.75) is 25.8 Å². The van der Waals surface area contributed by atoms with Gasteiger partial charge in [-0.05, 0) is 31.9 Å². The number of carbonyl (C=O) groups excluding carboxylic acids is 1. The molecule has 0 saturated carbocycles. The monoisotopic (exact) mass is 289 g/mol. The number of nitrogens with one attached hydrogen (secondary N) is 1. The molecule has 1 aliphatic heterocycles. The Morgan fingerprint density at radius 1 is 1.43 bits per heavy atom. The summed E-state index contributed by atoms with van der Waals surface area (Å²) >= 11 is 0. The van der Waals surface area contributed by atoms with Gasteiger partial charge < -0.3 is 19.2 Å². The molecule has 1 aromatic carbocycles. The summed E-state index contributed by atoms with van der Waals surface area (Å²) in [6.07, 6.45) is 1.92. The zero-order valence-electron chi connectivity index (χ0n) is 12.3. The van der Waals surface area contributed by atoms with E-state index in [4.69, 9.17) is 13.9 Å². The molecular formula is C16H19NO4. The molecule has 1 amide bonds. The molecular weight excluding hydrogens is 270 g/mol. The summed E-state index contributed by atoms with van der Waals surface area (Å²) in [7, 11) is 1.60. The minimum absolute atomic E-state index is 0.0633. The van der Waals surface area contributed by atoms with Gasteiger partial charge in [0.05, 0.1) is 19.8 Å². The van der Waals surface area contributed by atoms with E-state index < -0.39 is 0 Å². The Bertz CT molecular complexity index is 656. The van der Waals surface area contributed by atoms with E-state index in [-0.39, 0.29) is 11.9 Å². The second-order valence-electron chi connectivity index (χ2n) is 5.31. The van der Waals surface area contributed by atoms with Crippen LogP contribution in [0.2, 0.25) is 0 Å². The molecule has 1 fully saturated rings. The van der Waals surface area contributed by atoms with Gasteiger partial charge in [-0.1, -0.05) is 0 Å². The van der Waals surface area contributed by atoms with Crippen LogP contribution < -0.4 is 10.1 Å². The van der Waals surface area contributed by atoms with Crippen molar-refractivity contribution in [3.8, 4) is 5.75 Å². The molecule has 0 radical (unpaired) electrons. The predicted octanol–water partition coefficient (Wildman–Crippen LogP) is 2.66. The van der Waals surface area contributed by atoms with Crippen LogP contribution in [0, 0.1) is 6.92 Å². The molecule has 1 aromatic heterocycles. The maximum atomic E-state index is 12.4. The summed E-state index contributed by atoms with van der Waals surface area (Å²) in [6.45, 7) is 3.24. The van der Waals surface area contributed by atoms with Crippen molar-refractivity contribution < 1.29 is 18.7 Å². The number of rotatable bonds is 3. The third-order valence-electron chi connectivity index (χ3n) is 3.85. The summed E-state index contributed by atoms with van der Waals surface area (Å²) < 4.78 is 16.3. The molecule has 21 heavy (non-hydrogen) atoms. The molecule has 1 saturated heterocycles. The van der Waals surface area contributed by atoms with Crippen LogP contribution in [0.4, 0.5) is 0 Å². The number of fused-ring (bicyclic) bond motifs is 1. The summed E-state index contributed by atoms with van der Waals surface area (Å²) in [5.74, 6) is 0.894. The summed E-state index contributed by atoms with van der Waals surface area (Å²) in [4.78, 5) is 12.4. The highest BCUT2D eigenvalue weighted by Crippen LogP contribution is 2.28. The van der Waals surface area contributed by atoms with E-state index in [1.54, 1.807) is 13.2 Å². The number of benzene rings is 1. The second-order valence-corrected chi connectivity index (χ2v) is 5.31. The molecule has 0 bridgehead atoms. The van der Waals surface area contributed by atoms with Crippen molar-refractivity contribution in [3.05, 3.63) is 29.5 Å². The smallest absolute Gasteiger partial charge is 0.287 e. The molecule has 1 N–H and O–H groups in total. The molecule has 0 spiro atoms. The molecule has 5 heteroatoms. The molecule has 0 aliphatic carbocycles. The van der Waals surface area contributed by atoms with Gasteiger partial charge in [-0.3, -0.25) is 4.79 Å². The van der Waals surface area contributed by atoms with Gasteiger partial charge in [0.2, 0.25) is 0 Å². The largest absolute Gasteiger partial charge is 0.497 e. The minimum atomic E-state index is -0.182. The Kier molecular flexibility index (Phi) is 3.84. The fourth-order valence-corrected chi connectivity index (χ4v) is 2.65. The number of hydrogen-bond donors (Lipinski definition) is 1. The first-order valence-corrected chi connectivity index (χ1v) is 7.15. The normalized spacial score (nSPS) is 18.7. The van der Waals surface area contributed by atoms with Crippen molar-refractivity contribution in [3.63, 3.8) is 0 Å². The number of carbonyl (C=O) groups is 1. The van der Waals surface area contributed by atoms with E-state index in [1.165, 1.54) is 0 Å². The van der Waals surface area contributed by atoms with Crippen LogP contribution in [0.15, 0.2) is 22.6 Å². The van der Waals surface area contributed by atoms with Gasteiger partial charge in [-0.25, -0.2) is 0 Å². The van der Waals surface area contributed by atoms with Crippen LogP contribution in [0.1, 0.15) is 29.0 Å². The number of aryl methyl sites for hydroxylation is 1. The fraction of sp³-hybridized carbons (Fsp3) is 0.438. The van der Waals surface area contributed by atoms with Gasteiger partial charge in [-0.2, -0.15) is 0 Å². The lowest BCUT2D eigenvalue weighted by molar-refractivity contribution is 0.0612. The number of furan rings is 1. The van der Waals surface area contributed by atoms with E-state index in [0.29, 0.717) is 23.7 Å². The van der Waals surface area contributed by atoms with Crippen LogP contribution in [0.3, 0.4) is 0 Å². The third kappa shape index (κ3) is 2.74. The van der Waals surface area contributed by atoms with Gasteiger partial charge in [0, 0.05) is 23.6 Å². The molecule has 112 valence electrons. The van der Waals surface area contributed by atoms with E-state index in [0.717, 1.165) is 30.4 Å². The topological polar surface area (TPSA) is 60.7 Å². The number of amides is 1. The van der Waals surface area contributed by atoms with Gasteiger partial charge in [0.1, 0.15) is 11.3 Å². The first kappa shape index (κ1) is 13.9.